The molecule has 0 radical (unpaired) electrons. The average Bonchev–Trinajstić information content (AvgIpc) is 2.45. The molecule has 2 rings (SSSR count). The van der Waals surface area contributed by atoms with Crippen molar-refractivity contribution in [3.8, 4) is 16.9 Å². The molecule has 0 fully saturated rings. The SMILES string of the molecule is COc1ccc(C(C)(C)C)cc1-c1ccc(CO)cc1. The van der Waals surface area contributed by atoms with Crippen LogP contribution in [0, 0.1) is 0 Å². The first kappa shape index (κ1) is 14.6. The number of aliphatic hydroxyl groups excluding tert-OH is 1. The Morgan fingerprint density at radius 1 is 1.00 bits per heavy atom. The maximum absolute atomic E-state index is 9.13. The molecule has 0 amide bonds. The van der Waals surface area contributed by atoms with Gasteiger partial charge in [-0.2, -0.15) is 0 Å². The number of benzene rings is 2. The Hall–Kier alpha value is -1.80. The Labute approximate surface area is 121 Å². The number of methoxy groups -OCH3 is 1. The van der Waals surface area contributed by atoms with Crippen LogP contribution in [0.25, 0.3) is 11.1 Å². The van der Waals surface area contributed by atoms with Crippen molar-refractivity contribution in [2.75, 3.05) is 7.11 Å². The molecule has 1 N–H and O–H groups in total. The number of ether oxygens (including phenoxy) is 1. The molecular weight excluding hydrogens is 248 g/mol. The minimum Gasteiger partial charge on any atom is -0.496 e. The van der Waals surface area contributed by atoms with Gasteiger partial charge in [0.2, 0.25) is 0 Å². The van der Waals surface area contributed by atoms with Crippen LogP contribution >= 0.6 is 0 Å². The van der Waals surface area contributed by atoms with Crippen molar-refractivity contribution < 1.29 is 9.84 Å². The van der Waals surface area contributed by atoms with Crippen molar-refractivity contribution in [1.29, 1.82) is 0 Å². The van der Waals surface area contributed by atoms with Gasteiger partial charge in [0.25, 0.3) is 0 Å². The molecule has 0 heterocycles. The first-order valence-corrected chi connectivity index (χ1v) is 6.84. The van der Waals surface area contributed by atoms with Crippen LogP contribution in [0.1, 0.15) is 31.9 Å². The minimum atomic E-state index is 0.0689. The van der Waals surface area contributed by atoms with Crippen LogP contribution in [0.15, 0.2) is 42.5 Å². The van der Waals surface area contributed by atoms with Gasteiger partial charge in [0.15, 0.2) is 0 Å². The zero-order valence-corrected chi connectivity index (χ0v) is 12.6. The molecule has 0 aliphatic rings. The largest absolute Gasteiger partial charge is 0.496 e. The van der Waals surface area contributed by atoms with Gasteiger partial charge in [-0.25, -0.2) is 0 Å². The Kier molecular flexibility index (Phi) is 4.15. The summed E-state index contributed by atoms with van der Waals surface area (Å²) in [5.41, 5.74) is 4.49. The molecule has 2 nitrogen and oxygen atoms in total. The molecule has 0 atom stereocenters. The fourth-order valence-electron chi connectivity index (χ4n) is 2.19. The summed E-state index contributed by atoms with van der Waals surface area (Å²) in [7, 11) is 1.69. The molecule has 0 aliphatic carbocycles. The van der Waals surface area contributed by atoms with Crippen molar-refractivity contribution in [2.45, 2.75) is 32.8 Å². The van der Waals surface area contributed by atoms with Crippen LogP contribution in [0.5, 0.6) is 5.75 Å². The summed E-state index contributed by atoms with van der Waals surface area (Å²) in [4.78, 5) is 0. The third-order valence-electron chi connectivity index (χ3n) is 3.51. The smallest absolute Gasteiger partial charge is 0.126 e. The van der Waals surface area contributed by atoms with E-state index < -0.39 is 0 Å². The zero-order chi connectivity index (χ0) is 14.8. The highest BCUT2D eigenvalue weighted by atomic mass is 16.5. The predicted molar refractivity (Wildman–Crippen MR) is 83.1 cm³/mol. The molecule has 0 saturated heterocycles. The Morgan fingerprint density at radius 3 is 2.15 bits per heavy atom. The third kappa shape index (κ3) is 3.02. The van der Waals surface area contributed by atoms with Crippen molar-refractivity contribution >= 4 is 0 Å². The van der Waals surface area contributed by atoms with Crippen molar-refractivity contribution in [2.24, 2.45) is 0 Å². The third-order valence-corrected chi connectivity index (χ3v) is 3.51. The fraction of sp³-hybridized carbons (Fsp3) is 0.333. The Balaban J connectivity index is 2.52. The first-order chi connectivity index (χ1) is 9.45. The van der Waals surface area contributed by atoms with E-state index in [4.69, 9.17) is 9.84 Å². The van der Waals surface area contributed by atoms with E-state index >= 15 is 0 Å². The minimum absolute atomic E-state index is 0.0689. The summed E-state index contributed by atoms with van der Waals surface area (Å²) < 4.78 is 5.47. The first-order valence-electron chi connectivity index (χ1n) is 6.84. The number of hydrogen-bond donors (Lipinski definition) is 1. The van der Waals surface area contributed by atoms with Crippen LogP contribution in [0.4, 0.5) is 0 Å². The van der Waals surface area contributed by atoms with Crippen LogP contribution in [0.2, 0.25) is 0 Å². The number of aliphatic hydroxyl groups is 1. The molecule has 2 heteroatoms. The van der Waals surface area contributed by atoms with Gasteiger partial charge in [0, 0.05) is 5.56 Å². The molecule has 2 aromatic rings. The lowest BCUT2D eigenvalue weighted by molar-refractivity contribution is 0.282. The highest BCUT2D eigenvalue weighted by molar-refractivity contribution is 5.71. The van der Waals surface area contributed by atoms with Gasteiger partial charge in [-0.05, 0) is 34.2 Å². The zero-order valence-electron chi connectivity index (χ0n) is 12.6. The van der Waals surface area contributed by atoms with Gasteiger partial charge in [0.05, 0.1) is 13.7 Å². The van der Waals surface area contributed by atoms with Crippen molar-refractivity contribution in [1.82, 2.24) is 0 Å². The van der Waals surface area contributed by atoms with E-state index in [0.29, 0.717) is 0 Å². The Morgan fingerprint density at radius 2 is 1.65 bits per heavy atom. The topological polar surface area (TPSA) is 29.5 Å². The summed E-state index contributed by atoms with van der Waals surface area (Å²) in [5.74, 6) is 0.870. The quantitative estimate of drug-likeness (QED) is 0.907. The molecule has 0 saturated carbocycles. The molecule has 0 aliphatic heterocycles. The van der Waals surface area contributed by atoms with E-state index in [9.17, 15) is 0 Å². The molecule has 106 valence electrons. The highest BCUT2D eigenvalue weighted by Crippen LogP contribution is 2.34. The van der Waals surface area contributed by atoms with E-state index in [-0.39, 0.29) is 12.0 Å². The molecule has 0 spiro atoms. The Bertz CT molecular complexity index is 577. The van der Waals surface area contributed by atoms with Crippen molar-refractivity contribution in [3.63, 3.8) is 0 Å². The second kappa shape index (κ2) is 5.68. The van der Waals surface area contributed by atoms with Crippen LogP contribution < -0.4 is 4.74 Å². The van der Waals surface area contributed by atoms with Crippen LogP contribution in [-0.4, -0.2) is 12.2 Å². The lowest BCUT2D eigenvalue weighted by Crippen LogP contribution is -2.11. The molecule has 0 unspecified atom stereocenters. The van der Waals surface area contributed by atoms with Crippen LogP contribution in [-0.2, 0) is 12.0 Å². The van der Waals surface area contributed by atoms with Gasteiger partial charge in [0.1, 0.15) is 5.75 Å². The highest BCUT2D eigenvalue weighted by Gasteiger charge is 2.16. The van der Waals surface area contributed by atoms with Gasteiger partial charge in [-0.15, -0.1) is 0 Å². The lowest BCUT2D eigenvalue weighted by atomic mass is 9.85. The molecule has 0 aromatic heterocycles. The van der Waals surface area contributed by atoms with E-state index in [0.717, 1.165) is 22.4 Å². The van der Waals surface area contributed by atoms with Gasteiger partial charge in [-0.3, -0.25) is 0 Å². The second-order valence-electron chi connectivity index (χ2n) is 6.02. The van der Waals surface area contributed by atoms with E-state index in [1.54, 1.807) is 7.11 Å². The van der Waals surface area contributed by atoms with Gasteiger partial charge >= 0.3 is 0 Å². The molecule has 2 aromatic carbocycles. The summed E-state index contributed by atoms with van der Waals surface area (Å²) >= 11 is 0. The number of rotatable bonds is 3. The summed E-state index contributed by atoms with van der Waals surface area (Å²) in [5, 5.41) is 9.13. The van der Waals surface area contributed by atoms with E-state index in [1.165, 1.54) is 5.56 Å². The van der Waals surface area contributed by atoms with Crippen LogP contribution in [0.3, 0.4) is 0 Å². The normalized spacial score (nSPS) is 11.4. The summed E-state index contributed by atoms with van der Waals surface area (Å²) in [6.45, 7) is 6.67. The molecular formula is C18H22O2. The fourth-order valence-corrected chi connectivity index (χ4v) is 2.19. The molecule has 20 heavy (non-hydrogen) atoms. The van der Waals surface area contributed by atoms with Gasteiger partial charge in [-0.1, -0.05) is 51.1 Å². The predicted octanol–water partition coefficient (Wildman–Crippen LogP) is 4.15. The lowest BCUT2D eigenvalue weighted by Gasteiger charge is -2.21. The number of hydrogen-bond acceptors (Lipinski definition) is 2. The maximum Gasteiger partial charge on any atom is 0.126 e. The second-order valence-corrected chi connectivity index (χ2v) is 6.02. The van der Waals surface area contributed by atoms with Gasteiger partial charge < -0.3 is 9.84 Å². The summed E-state index contributed by atoms with van der Waals surface area (Å²) in [6.07, 6.45) is 0. The monoisotopic (exact) mass is 270 g/mol. The average molecular weight is 270 g/mol. The maximum atomic E-state index is 9.13. The van der Waals surface area contributed by atoms with Crippen molar-refractivity contribution in [3.05, 3.63) is 53.6 Å². The van der Waals surface area contributed by atoms with E-state index in [1.807, 2.05) is 30.3 Å². The standard InChI is InChI=1S/C18H22O2/c1-18(2,3)15-9-10-17(20-4)16(11-15)14-7-5-13(12-19)6-8-14/h5-11,19H,12H2,1-4H3. The molecule has 0 bridgehead atoms. The van der Waals surface area contributed by atoms with E-state index in [2.05, 4.69) is 32.9 Å². The summed E-state index contributed by atoms with van der Waals surface area (Å²) in [6, 6.07) is 14.3.